The Morgan fingerprint density at radius 2 is 2.26 bits per heavy atom. The summed E-state index contributed by atoms with van der Waals surface area (Å²) in [7, 11) is 1.30. The van der Waals surface area contributed by atoms with E-state index in [1.807, 2.05) is 12.1 Å². The first-order valence-electron chi connectivity index (χ1n) is 6.32. The van der Waals surface area contributed by atoms with E-state index < -0.39 is 12.1 Å². The van der Waals surface area contributed by atoms with Crippen molar-refractivity contribution in [2.45, 2.75) is 25.5 Å². The zero-order valence-electron chi connectivity index (χ0n) is 10.8. The molecule has 1 aromatic heterocycles. The van der Waals surface area contributed by atoms with Crippen molar-refractivity contribution >= 4 is 21.9 Å². The van der Waals surface area contributed by atoms with Crippen molar-refractivity contribution in [3.8, 4) is 0 Å². The quantitative estimate of drug-likeness (QED) is 0.852. The number of carbonyl (C=O) groups is 1. The van der Waals surface area contributed by atoms with Gasteiger partial charge >= 0.3 is 5.97 Å². The fraction of sp³-hybridized carbons (Fsp3) is 0.615. The number of methoxy groups -OCH3 is 1. The van der Waals surface area contributed by atoms with Crippen LogP contribution in [0.3, 0.4) is 0 Å². The van der Waals surface area contributed by atoms with E-state index in [-0.39, 0.29) is 5.92 Å². The van der Waals surface area contributed by atoms with Gasteiger partial charge in [-0.2, -0.15) is 0 Å². The number of likely N-dealkylation sites (tertiary alicyclic amines) is 1. The Balaban J connectivity index is 1.80. The topological polar surface area (TPSA) is 62.9 Å². The maximum absolute atomic E-state index is 11.3. The number of carbonyl (C=O) groups excluding carboxylic acids is 1. The molecule has 1 aliphatic rings. The summed E-state index contributed by atoms with van der Waals surface area (Å²) in [4.78, 5) is 13.5. The molecule has 19 heavy (non-hydrogen) atoms. The van der Waals surface area contributed by atoms with Gasteiger partial charge in [0.15, 0.2) is 10.8 Å². The van der Waals surface area contributed by atoms with Crippen molar-refractivity contribution in [2.24, 2.45) is 5.92 Å². The number of halogens is 1. The van der Waals surface area contributed by atoms with Crippen LogP contribution < -0.4 is 0 Å². The number of piperidine rings is 1. The summed E-state index contributed by atoms with van der Waals surface area (Å²) in [6, 6.07) is 3.82. The molecule has 0 aliphatic carbocycles. The normalized spacial score (nSPS) is 19.3. The minimum atomic E-state index is -0.995. The summed E-state index contributed by atoms with van der Waals surface area (Å²) in [5.41, 5.74) is 0. The smallest absolute Gasteiger partial charge is 0.334 e. The lowest BCUT2D eigenvalue weighted by atomic mass is 9.91. The van der Waals surface area contributed by atoms with Crippen molar-refractivity contribution in [3.63, 3.8) is 0 Å². The summed E-state index contributed by atoms with van der Waals surface area (Å²) in [5.74, 6) is 0.374. The van der Waals surface area contributed by atoms with Crippen LogP contribution in [0.5, 0.6) is 0 Å². The molecule has 0 amide bonds. The second kappa shape index (κ2) is 6.54. The van der Waals surface area contributed by atoms with Crippen LogP contribution in [0.25, 0.3) is 0 Å². The van der Waals surface area contributed by atoms with E-state index in [1.54, 1.807) is 0 Å². The highest BCUT2D eigenvalue weighted by Crippen LogP contribution is 2.23. The summed E-state index contributed by atoms with van der Waals surface area (Å²) < 4.78 is 10.8. The van der Waals surface area contributed by atoms with Crippen molar-refractivity contribution in [3.05, 3.63) is 22.6 Å². The van der Waals surface area contributed by atoms with Gasteiger partial charge in [0.2, 0.25) is 0 Å². The van der Waals surface area contributed by atoms with E-state index >= 15 is 0 Å². The maximum Gasteiger partial charge on any atom is 0.334 e. The fourth-order valence-corrected chi connectivity index (χ4v) is 2.74. The molecule has 5 nitrogen and oxygen atoms in total. The Morgan fingerprint density at radius 3 is 2.79 bits per heavy atom. The molecule has 1 atom stereocenters. The van der Waals surface area contributed by atoms with Crippen LogP contribution in [-0.2, 0) is 16.1 Å². The van der Waals surface area contributed by atoms with E-state index in [0.29, 0.717) is 0 Å². The number of aliphatic hydroxyl groups is 1. The second-order valence-corrected chi connectivity index (χ2v) is 5.57. The molecule has 2 heterocycles. The predicted molar refractivity (Wildman–Crippen MR) is 72.4 cm³/mol. The molecule has 1 unspecified atom stereocenters. The Hall–Kier alpha value is -0.850. The lowest BCUT2D eigenvalue weighted by Gasteiger charge is -2.32. The number of rotatable bonds is 4. The van der Waals surface area contributed by atoms with Crippen LogP contribution in [0.15, 0.2) is 21.2 Å². The minimum Gasteiger partial charge on any atom is -0.467 e. The molecular formula is C13H18BrNO4. The summed E-state index contributed by atoms with van der Waals surface area (Å²) >= 11 is 3.28. The predicted octanol–water partition coefficient (Wildman–Crippen LogP) is 1.79. The molecule has 2 rings (SSSR count). The molecule has 1 aliphatic heterocycles. The Labute approximate surface area is 120 Å². The highest BCUT2D eigenvalue weighted by Gasteiger charge is 2.30. The highest BCUT2D eigenvalue weighted by molar-refractivity contribution is 9.10. The molecule has 0 saturated carbocycles. The molecule has 0 bridgehead atoms. The van der Waals surface area contributed by atoms with Gasteiger partial charge in [0.25, 0.3) is 0 Å². The number of hydrogen-bond acceptors (Lipinski definition) is 5. The molecular weight excluding hydrogens is 314 g/mol. The monoisotopic (exact) mass is 331 g/mol. The number of furan rings is 1. The Bertz CT molecular complexity index is 426. The van der Waals surface area contributed by atoms with Gasteiger partial charge in [-0.3, -0.25) is 4.90 Å². The van der Waals surface area contributed by atoms with Crippen molar-refractivity contribution in [2.75, 3.05) is 20.2 Å². The molecule has 1 N–H and O–H groups in total. The van der Waals surface area contributed by atoms with E-state index in [9.17, 15) is 9.90 Å². The SMILES string of the molecule is COC(=O)C(O)C1CCN(Cc2ccc(Br)o2)CC1. The van der Waals surface area contributed by atoms with E-state index in [4.69, 9.17) is 4.42 Å². The van der Waals surface area contributed by atoms with E-state index in [0.717, 1.165) is 42.9 Å². The maximum atomic E-state index is 11.3. The number of esters is 1. The number of nitrogens with zero attached hydrogens (tertiary/aromatic N) is 1. The van der Waals surface area contributed by atoms with Crippen LogP contribution in [0.4, 0.5) is 0 Å². The van der Waals surface area contributed by atoms with Crippen LogP contribution in [0, 0.1) is 5.92 Å². The van der Waals surface area contributed by atoms with Crippen molar-refractivity contribution < 1.29 is 19.1 Å². The Morgan fingerprint density at radius 1 is 1.58 bits per heavy atom. The van der Waals surface area contributed by atoms with Gasteiger partial charge in [-0.05, 0) is 59.9 Å². The van der Waals surface area contributed by atoms with Crippen LogP contribution in [0.2, 0.25) is 0 Å². The van der Waals surface area contributed by atoms with Crippen LogP contribution >= 0.6 is 15.9 Å². The number of ether oxygens (including phenoxy) is 1. The summed E-state index contributed by atoms with van der Waals surface area (Å²) in [6.07, 6.45) is 0.584. The first kappa shape index (κ1) is 14.6. The van der Waals surface area contributed by atoms with Crippen LogP contribution in [0.1, 0.15) is 18.6 Å². The summed E-state index contributed by atoms with van der Waals surface area (Å²) in [5, 5.41) is 9.80. The fourth-order valence-electron chi connectivity index (χ4n) is 2.40. The van der Waals surface area contributed by atoms with E-state index in [2.05, 4.69) is 25.6 Å². The van der Waals surface area contributed by atoms with Gasteiger partial charge in [0.1, 0.15) is 5.76 Å². The van der Waals surface area contributed by atoms with Gasteiger partial charge in [-0.1, -0.05) is 0 Å². The molecule has 1 fully saturated rings. The molecule has 106 valence electrons. The lowest BCUT2D eigenvalue weighted by Crippen LogP contribution is -2.40. The highest BCUT2D eigenvalue weighted by atomic mass is 79.9. The minimum absolute atomic E-state index is 0.00737. The van der Waals surface area contributed by atoms with Gasteiger partial charge < -0.3 is 14.3 Å². The number of aliphatic hydroxyl groups excluding tert-OH is 1. The second-order valence-electron chi connectivity index (χ2n) is 4.79. The molecule has 0 spiro atoms. The zero-order chi connectivity index (χ0) is 13.8. The van der Waals surface area contributed by atoms with Crippen molar-refractivity contribution in [1.29, 1.82) is 0 Å². The number of hydrogen-bond donors (Lipinski definition) is 1. The molecule has 0 aromatic carbocycles. The first-order valence-corrected chi connectivity index (χ1v) is 7.12. The third-order valence-electron chi connectivity index (χ3n) is 3.53. The largest absolute Gasteiger partial charge is 0.467 e. The lowest BCUT2D eigenvalue weighted by molar-refractivity contribution is -0.154. The van der Waals surface area contributed by atoms with Gasteiger partial charge in [-0.25, -0.2) is 4.79 Å². The van der Waals surface area contributed by atoms with Gasteiger partial charge in [0, 0.05) is 0 Å². The molecule has 1 saturated heterocycles. The van der Waals surface area contributed by atoms with E-state index in [1.165, 1.54) is 7.11 Å². The first-order chi connectivity index (χ1) is 9.10. The Kier molecular flexibility index (Phi) is 5.01. The van der Waals surface area contributed by atoms with Gasteiger partial charge in [0.05, 0.1) is 13.7 Å². The van der Waals surface area contributed by atoms with Gasteiger partial charge in [-0.15, -0.1) is 0 Å². The average molecular weight is 332 g/mol. The molecule has 1 aromatic rings. The standard InChI is InChI=1S/C13H18BrNO4/c1-18-13(17)12(16)9-4-6-15(7-5-9)8-10-2-3-11(14)19-10/h2-3,9,12,16H,4-8H2,1H3. The zero-order valence-corrected chi connectivity index (χ0v) is 12.4. The molecule has 6 heteroatoms. The van der Waals surface area contributed by atoms with Crippen molar-refractivity contribution in [1.82, 2.24) is 4.90 Å². The average Bonchev–Trinajstić information content (AvgIpc) is 2.83. The third-order valence-corrected chi connectivity index (χ3v) is 3.96. The van der Waals surface area contributed by atoms with Crippen LogP contribution in [-0.4, -0.2) is 42.3 Å². The molecule has 0 radical (unpaired) electrons. The third kappa shape index (κ3) is 3.81. The summed E-state index contributed by atoms with van der Waals surface area (Å²) in [6.45, 7) is 2.45.